The average Bonchev–Trinajstić information content (AvgIpc) is 3.37. The van der Waals surface area contributed by atoms with Crippen molar-refractivity contribution in [2.75, 3.05) is 0 Å². The lowest BCUT2D eigenvalue weighted by Gasteiger charge is -2.27. The molecule has 0 atom stereocenters. The number of hydrogen-bond donors (Lipinski definition) is 0. The van der Waals surface area contributed by atoms with Crippen molar-refractivity contribution in [2.45, 2.75) is 38.0 Å². The first-order chi connectivity index (χ1) is 30.7. The van der Waals surface area contributed by atoms with E-state index < -0.39 is 0 Å². The SMILES string of the molecule is N#Cc1ccc(-c2cccc(-c3nc(-c4ccccc4)nc(-c4ccccc4)c3C3CCCCC3)c2)cc1-c1cccc(-c2nc(-c3ccccc3)nc(-c3ccccc3)n2)c1. The van der Waals surface area contributed by atoms with Gasteiger partial charge in [0.2, 0.25) is 0 Å². The van der Waals surface area contributed by atoms with Crippen LogP contribution in [0.3, 0.4) is 0 Å². The summed E-state index contributed by atoms with van der Waals surface area (Å²) in [7, 11) is 0. The highest BCUT2D eigenvalue weighted by molar-refractivity contribution is 5.83. The standard InChI is InChI=1S/C56H42N6/c57-37-48-33-32-44(36-49(48)45-29-17-31-47(35-45)56-61-54(41-24-12-4-13-25-41)60-55(62-56)42-26-14-5-15-27-42)43-28-16-30-46(34-43)52-50(38-18-6-1-7-19-38)51(39-20-8-2-9-21-39)58-53(59-52)40-22-10-3-11-23-40/h2-5,8-17,20-36,38H,1,6-7,18-19H2. The van der Waals surface area contributed by atoms with Crippen LogP contribution >= 0.6 is 0 Å². The number of nitriles is 1. The lowest BCUT2D eigenvalue weighted by molar-refractivity contribution is 0.443. The molecule has 62 heavy (non-hydrogen) atoms. The molecule has 10 rings (SSSR count). The Labute approximate surface area is 362 Å². The van der Waals surface area contributed by atoms with Crippen molar-refractivity contribution in [1.82, 2.24) is 24.9 Å². The summed E-state index contributed by atoms with van der Waals surface area (Å²) in [6.07, 6.45) is 5.88. The molecule has 0 saturated heterocycles. The predicted molar refractivity (Wildman–Crippen MR) is 249 cm³/mol. The Morgan fingerprint density at radius 1 is 0.355 bits per heavy atom. The first-order valence-corrected chi connectivity index (χ1v) is 21.3. The third kappa shape index (κ3) is 7.92. The summed E-state index contributed by atoms with van der Waals surface area (Å²) in [5, 5.41) is 10.4. The summed E-state index contributed by atoms with van der Waals surface area (Å²) in [4.78, 5) is 25.6. The molecule has 296 valence electrons. The molecule has 9 aromatic rings. The molecule has 2 heterocycles. The maximum Gasteiger partial charge on any atom is 0.164 e. The van der Waals surface area contributed by atoms with Crippen LogP contribution in [-0.2, 0) is 0 Å². The molecule has 0 radical (unpaired) electrons. The minimum absolute atomic E-state index is 0.355. The molecule has 1 aliphatic carbocycles. The van der Waals surface area contributed by atoms with Gasteiger partial charge in [-0.15, -0.1) is 0 Å². The molecule has 6 nitrogen and oxygen atoms in total. The first-order valence-electron chi connectivity index (χ1n) is 21.3. The van der Waals surface area contributed by atoms with Gasteiger partial charge in [-0.2, -0.15) is 5.26 Å². The summed E-state index contributed by atoms with van der Waals surface area (Å²) in [5.74, 6) is 2.83. The molecule has 0 aliphatic heterocycles. The Bertz CT molecular complexity index is 2990. The van der Waals surface area contributed by atoms with Gasteiger partial charge in [0.15, 0.2) is 23.3 Å². The van der Waals surface area contributed by atoms with E-state index in [0.717, 1.165) is 85.7 Å². The van der Waals surface area contributed by atoms with Crippen LogP contribution in [0.2, 0.25) is 0 Å². The van der Waals surface area contributed by atoms with Crippen molar-refractivity contribution in [1.29, 1.82) is 5.26 Å². The van der Waals surface area contributed by atoms with Crippen LogP contribution in [0, 0.1) is 11.3 Å². The van der Waals surface area contributed by atoms with Crippen LogP contribution in [-0.4, -0.2) is 24.9 Å². The van der Waals surface area contributed by atoms with Crippen molar-refractivity contribution in [2.24, 2.45) is 0 Å². The fraction of sp³-hybridized carbons (Fsp3) is 0.107. The Morgan fingerprint density at radius 2 is 0.774 bits per heavy atom. The summed E-state index contributed by atoms with van der Waals surface area (Å²) in [6.45, 7) is 0. The van der Waals surface area contributed by atoms with Gasteiger partial charge in [-0.25, -0.2) is 24.9 Å². The maximum atomic E-state index is 10.4. The second-order valence-electron chi connectivity index (χ2n) is 15.8. The van der Waals surface area contributed by atoms with Crippen LogP contribution < -0.4 is 0 Å². The van der Waals surface area contributed by atoms with Crippen LogP contribution in [0.15, 0.2) is 188 Å². The molecular formula is C56H42N6. The van der Waals surface area contributed by atoms with Gasteiger partial charge >= 0.3 is 0 Å². The van der Waals surface area contributed by atoms with Crippen LogP contribution in [0.4, 0.5) is 0 Å². The smallest absolute Gasteiger partial charge is 0.164 e. The third-order valence-corrected chi connectivity index (χ3v) is 11.8. The lowest BCUT2D eigenvalue weighted by atomic mass is 9.80. The van der Waals surface area contributed by atoms with Gasteiger partial charge in [0.1, 0.15) is 0 Å². The highest BCUT2D eigenvalue weighted by Crippen LogP contribution is 2.44. The minimum atomic E-state index is 0.355. The molecule has 2 aromatic heterocycles. The lowest BCUT2D eigenvalue weighted by Crippen LogP contribution is -2.11. The molecule has 0 amide bonds. The van der Waals surface area contributed by atoms with Crippen LogP contribution in [0.25, 0.3) is 90.3 Å². The highest BCUT2D eigenvalue weighted by atomic mass is 15.0. The number of benzene rings is 7. The second kappa shape index (κ2) is 17.4. The van der Waals surface area contributed by atoms with Crippen molar-refractivity contribution in [3.63, 3.8) is 0 Å². The van der Waals surface area contributed by atoms with E-state index in [9.17, 15) is 5.26 Å². The van der Waals surface area contributed by atoms with Crippen molar-refractivity contribution < 1.29 is 0 Å². The van der Waals surface area contributed by atoms with E-state index in [1.54, 1.807) is 0 Å². The monoisotopic (exact) mass is 798 g/mol. The molecule has 6 heteroatoms. The second-order valence-corrected chi connectivity index (χ2v) is 15.8. The van der Waals surface area contributed by atoms with Gasteiger partial charge in [0, 0.05) is 44.5 Å². The quantitative estimate of drug-likeness (QED) is 0.144. The van der Waals surface area contributed by atoms with Crippen molar-refractivity contribution >= 4 is 0 Å². The molecular weight excluding hydrogens is 757 g/mol. The summed E-state index contributed by atoms with van der Waals surface area (Å²) in [6, 6.07) is 66.2. The van der Waals surface area contributed by atoms with E-state index in [1.807, 2.05) is 109 Å². The average molecular weight is 799 g/mol. The van der Waals surface area contributed by atoms with Gasteiger partial charge in [-0.3, -0.25) is 0 Å². The highest BCUT2D eigenvalue weighted by Gasteiger charge is 2.27. The summed E-state index contributed by atoms with van der Waals surface area (Å²) < 4.78 is 0. The molecule has 1 fully saturated rings. The Morgan fingerprint density at radius 3 is 1.34 bits per heavy atom. The van der Waals surface area contributed by atoms with Crippen LogP contribution in [0.5, 0.6) is 0 Å². The topological polar surface area (TPSA) is 88.2 Å². The zero-order valence-corrected chi connectivity index (χ0v) is 34.2. The zero-order chi connectivity index (χ0) is 41.7. The maximum absolute atomic E-state index is 10.4. The molecule has 0 bridgehead atoms. The van der Waals surface area contributed by atoms with Crippen molar-refractivity contribution in [3.8, 4) is 96.4 Å². The van der Waals surface area contributed by atoms with E-state index >= 15 is 0 Å². The van der Waals surface area contributed by atoms with Gasteiger partial charge < -0.3 is 0 Å². The van der Waals surface area contributed by atoms with Crippen LogP contribution in [0.1, 0.15) is 49.1 Å². The number of nitrogens with zero attached hydrogens (tertiary/aromatic N) is 6. The van der Waals surface area contributed by atoms with Gasteiger partial charge in [0.05, 0.1) is 23.0 Å². The zero-order valence-electron chi connectivity index (χ0n) is 34.2. The number of aromatic nitrogens is 5. The molecule has 1 saturated carbocycles. The largest absolute Gasteiger partial charge is 0.228 e. The Kier molecular flexibility index (Phi) is 10.7. The van der Waals surface area contributed by atoms with E-state index in [2.05, 4.69) is 84.9 Å². The first kappa shape index (κ1) is 38.3. The molecule has 0 unspecified atom stereocenters. The normalized spacial score (nSPS) is 12.8. The summed E-state index contributed by atoms with van der Waals surface area (Å²) in [5.41, 5.74) is 13.4. The molecule has 7 aromatic carbocycles. The molecule has 1 aliphatic rings. The number of rotatable bonds is 9. The van der Waals surface area contributed by atoms with E-state index in [4.69, 9.17) is 24.9 Å². The Hall–Kier alpha value is -7.88. The fourth-order valence-corrected chi connectivity index (χ4v) is 8.67. The molecule has 0 N–H and O–H groups in total. The molecule has 0 spiro atoms. The van der Waals surface area contributed by atoms with Gasteiger partial charge in [-0.05, 0) is 59.7 Å². The van der Waals surface area contributed by atoms with E-state index in [0.29, 0.717) is 29.0 Å². The predicted octanol–water partition coefficient (Wildman–Crippen LogP) is 13.9. The minimum Gasteiger partial charge on any atom is -0.228 e. The van der Waals surface area contributed by atoms with Gasteiger partial charge in [-0.1, -0.05) is 183 Å². The number of hydrogen-bond acceptors (Lipinski definition) is 6. The summed E-state index contributed by atoms with van der Waals surface area (Å²) >= 11 is 0. The van der Waals surface area contributed by atoms with E-state index in [-0.39, 0.29) is 0 Å². The third-order valence-electron chi connectivity index (χ3n) is 11.8. The van der Waals surface area contributed by atoms with Crippen molar-refractivity contribution in [3.05, 3.63) is 199 Å². The van der Waals surface area contributed by atoms with Gasteiger partial charge in [0.25, 0.3) is 0 Å². The Balaban J connectivity index is 1.08. The van der Waals surface area contributed by atoms with E-state index in [1.165, 1.54) is 24.8 Å². The fourth-order valence-electron chi connectivity index (χ4n) is 8.67.